The van der Waals surface area contributed by atoms with Crippen LogP contribution in [0.5, 0.6) is 5.75 Å². The lowest BCUT2D eigenvalue weighted by Crippen LogP contribution is -2.35. The van der Waals surface area contributed by atoms with E-state index in [0.29, 0.717) is 11.5 Å². The number of rotatable bonds is 1. The van der Waals surface area contributed by atoms with E-state index >= 15 is 0 Å². The van der Waals surface area contributed by atoms with Crippen LogP contribution in [0, 0.1) is 6.92 Å². The van der Waals surface area contributed by atoms with Crippen LogP contribution in [-0.2, 0) is 11.8 Å². The van der Waals surface area contributed by atoms with Crippen molar-refractivity contribution in [1.29, 1.82) is 0 Å². The van der Waals surface area contributed by atoms with E-state index in [-0.39, 0.29) is 23.2 Å². The van der Waals surface area contributed by atoms with Crippen LogP contribution in [0.2, 0.25) is 0 Å². The third kappa shape index (κ3) is 2.36. The summed E-state index contributed by atoms with van der Waals surface area (Å²) in [7, 11) is 0. The Kier molecular flexibility index (Phi) is 3.00. The molecule has 0 saturated heterocycles. The zero-order valence-electron chi connectivity index (χ0n) is 13.4. The normalized spacial score (nSPS) is 15.4. The number of aryl methyl sites for hydroxylation is 1. The van der Waals surface area contributed by atoms with Crippen molar-refractivity contribution in [2.24, 2.45) is 0 Å². The topological polar surface area (TPSA) is 78.9 Å². The second-order valence-electron chi connectivity index (χ2n) is 6.14. The summed E-state index contributed by atoms with van der Waals surface area (Å²) < 4.78 is 52.6. The van der Waals surface area contributed by atoms with Crippen molar-refractivity contribution in [1.82, 2.24) is 24.7 Å². The SMILES string of the molecule is Cc1cc(C(F)(F)F)c2c(n1)-n1cc(-c3nnco3)nc1C(C)(C)O2. The van der Waals surface area contributed by atoms with Gasteiger partial charge in [-0.1, -0.05) is 0 Å². The van der Waals surface area contributed by atoms with Crippen LogP contribution in [0.4, 0.5) is 13.2 Å². The lowest BCUT2D eigenvalue weighted by Gasteiger charge is -2.33. The Morgan fingerprint density at radius 2 is 1.96 bits per heavy atom. The molecule has 130 valence electrons. The van der Waals surface area contributed by atoms with Crippen LogP contribution in [0.3, 0.4) is 0 Å². The molecule has 0 aliphatic carbocycles. The minimum atomic E-state index is -4.57. The number of halogens is 3. The molecule has 1 aliphatic heterocycles. The van der Waals surface area contributed by atoms with Gasteiger partial charge in [0.1, 0.15) is 11.3 Å². The molecule has 4 heterocycles. The molecule has 7 nitrogen and oxygen atoms in total. The summed E-state index contributed by atoms with van der Waals surface area (Å²) in [5.41, 5.74) is -1.44. The van der Waals surface area contributed by atoms with Crippen LogP contribution < -0.4 is 4.74 Å². The fourth-order valence-corrected chi connectivity index (χ4v) is 2.77. The third-order valence-electron chi connectivity index (χ3n) is 3.80. The zero-order valence-corrected chi connectivity index (χ0v) is 13.4. The minimum Gasteiger partial charge on any atom is -0.475 e. The first-order chi connectivity index (χ1) is 11.7. The second kappa shape index (κ2) is 4.80. The predicted molar refractivity (Wildman–Crippen MR) is 78.0 cm³/mol. The smallest absolute Gasteiger partial charge is 0.420 e. The molecule has 0 fully saturated rings. The molecule has 0 N–H and O–H groups in total. The van der Waals surface area contributed by atoms with Crippen LogP contribution >= 0.6 is 0 Å². The van der Waals surface area contributed by atoms with Gasteiger partial charge in [0.15, 0.2) is 23.0 Å². The van der Waals surface area contributed by atoms with Crippen LogP contribution in [-0.4, -0.2) is 24.7 Å². The molecular formula is C15H12F3N5O2. The largest absolute Gasteiger partial charge is 0.475 e. The standard InChI is InChI=1S/C15H12F3N5O2/c1-7-4-8(15(16,17)18)10-11(20-7)23-5-9(12-22-19-6-24-12)21-13(23)14(2,3)25-10/h4-6H,1-3H3. The minimum absolute atomic E-state index is 0.0277. The molecule has 0 atom stereocenters. The lowest BCUT2D eigenvalue weighted by molar-refractivity contribution is -0.140. The molecule has 0 saturated carbocycles. The highest BCUT2D eigenvalue weighted by Crippen LogP contribution is 2.46. The van der Waals surface area contributed by atoms with E-state index in [4.69, 9.17) is 9.15 Å². The van der Waals surface area contributed by atoms with Crippen molar-refractivity contribution < 1.29 is 22.3 Å². The van der Waals surface area contributed by atoms with E-state index in [2.05, 4.69) is 20.2 Å². The monoisotopic (exact) mass is 351 g/mol. The molecule has 0 bridgehead atoms. The summed E-state index contributed by atoms with van der Waals surface area (Å²) in [4.78, 5) is 8.61. The summed E-state index contributed by atoms with van der Waals surface area (Å²) in [6, 6.07) is 0.968. The molecule has 0 aromatic carbocycles. The third-order valence-corrected chi connectivity index (χ3v) is 3.80. The van der Waals surface area contributed by atoms with Crippen LogP contribution in [0.15, 0.2) is 23.1 Å². The number of hydrogen-bond donors (Lipinski definition) is 0. The Hall–Kier alpha value is -2.91. The Labute approximate surface area is 139 Å². The molecule has 3 aromatic rings. The summed E-state index contributed by atoms with van der Waals surface area (Å²) in [6.07, 6.45) is -1.91. The first kappa shape index (κ1) is 15.6. The Morgan fingerprint density at radius 3 is 2.60 bits per heavy atom. The maximum absolute atomic E-state index is 13.4. The van der Waals surface area contributed by atoms with E-state index in [0.717, 1.165) is 12.5 Å². The fraction of sp³-hybridized carbons (Fsp3) is 0.333. The summed E-state index contributed by atoms with van der Waals surface area (Å²) in [5, 5.41) is 7.36. The molecule has 0 radical (unpaired) electrons. The maximum Gasteiger partial charge on any atom is 0.420 e. The second-order valence-corrected chi connectivity index (χ2v) is 6.14. The number of aromatic nitrogens is 5. The fourth-order valence-electron chi connectivity index (χ4n) is 2.77. The number of pyridine rings is 1. The van der Waals surface area contributed by atoms with Crippen LogP contribution in [0.1, 0.15) is 30.9 Å². The van der Waals surface area contributed by atoms with Gasteiger partial charge < -0.3 is 9.15 Å². The zero-order chi connectivity index (χ0) is 18.0. The number of ether oxygens (including phenoxy) is 1. The van der Waals surface area contributed by atoms with Crippen molar-refractivity contribution in [2.45, 2.75) is 32.5 Å². The summed E-state index contributed by atoms with van der Waals surface area (Å²) in [5.74, 6) is 0.243. The molecular weight excluding hydrogens is 339 g/mol. The first-order valence-corrected chi connectivity index (χ1v) is 7.31. The number of nitrogens with zero attached hydrogens (tertiary/aromatic N) is 5. The molecule has 4 rings (SSSR count). The predicted octanol–water partition coefficient (Wildman–Crippen LogP) is 3.27. The summed E-state index contributed by atoms with van der Waals surface area (Å²) >= 11 is 0. The highest BCUT2D eigenvalue weighted by Gasteiger charge is 2.43. The Balaban J connectivity index is 2.00. The number of hydrogen-bond acceptors (Lipinski definition) is 6. The van der Waals surface area contributed by atoms with Crippen LogP contribution in [0.25, 0.3) is 17.4 Å². The van der Waals surface area contributed by atoms with E-state index in [1.807, 2.05) is 0 Å². The average molecular weight is 351 g/mol. The first-order valence-electron chi connectivity index (χ1n) is 7.31. The molecule has 25 heavy (non-hydrogen) atoms. The van der Waals surface area contributed by atoms with Gasteiger partial charge in [-0.3, -0.25) is 4.57 Å². The van der Waals surface area contributed by atoms with Gasteiger partial charge >= 0.3 is 6.18 Å². The van der Waals surface area contributed by atoms with E-state index in [1.54, 1.807) is 13.8 Å². The molecule has 1 aliphatic rings. The molecule has 0 unspecified atom stereocenters. The van der Waals surface area contributed by atoms with E-state index < -0.39 is 17.3 Å². The van der Waals surface area contributed by atoms with E-state index in [9.17, 15) is 13.2 Å². The number of alkyl halides is 3. The van der Waals surface area contributed by atoms with Crippen molar-refractivity contribution in [3.63, 3.8) is 0 Å². The average Bonchev–Trinajstić information content (AvgIpc) is 3.15. The molecule has 10 heteroatoms. The van der Waals surface area contributed by atoms with Crippen molar-refractivity contribution in [3.8, 4) is 23.2 Å². The van der Waals surface area contributed by atoms with Gasteiger partial charge in [-0.25, -0.2) is 9.97 Å². The highest BCUT2D eigenvalue weighted by atomic mass is 19.4. The van der Waals surface area contributed by atoms with Gasteiger partial charge in [0.25, 0.3) is 5.89 Å². The van der Waals surface area contributed by atoms with Gasteiger partial charge in [-0.2, -0.15) is 13.2 Å². The van der Waals surface area contributed by atoms with Gasteiger partial charge in [0, 0.05) is 11.9 Å². The van der Waals surface area contributed by atoms with Crippen molar-refractivity contribution >= 4 is 0 Å². The summed E-state index contributed by atoms with van der Waals surface area (Å²) in [6.45, 7) is 4.75. The van der Waals surface area contributed by atoms with Gasteiger partial charge in [0.05, 0.1) is 0 Å². The maximum atomic E-state index is 13.4. The van der Waals surface area contributed by atoms with E-state index in [1.165, 1.54) is 17.7 Å². The quantitative estimate of drug-likeness (QED) is 0.669. The molecule has 3 aromatic heterocycles. The Morgan fingerprint density at radius 1 is 1.20 bits per heavy atom. The molecule has 0 amide bonds. The number of fused-ring (bicyclic) bond motifs is 3. The van der Waals surface area contributed by atoms with Crippen molar-refractivity contribution in [2.75, 3.05) is 0 Å². The van der Waals surface area contributed by atoms with Gasteiger partial charge in [-0.15, -0.1) is 10.2 Å². The molecule has 0 spiro atoms. The lowest BCUT2D eigenvalue weighted by atomic mass is 10.1. The van der Waals surface area contributed by atoms with Gasteiger partial charge in [0.2, 0.25) is 6.39 Å². The number of imidazole rings is 1. The van der Waals surface area contributed by atoms with Gasteiger partial charge in [-0.05, 0) is 26.8 Å². The van der Waals surface area contributed by atoms with Crippen molar-refractivity contribution in [3.05, 3.63) is 35.7 Å². The highest BCUT2D eigenvalue weighted by molar-refractivity contribution is 5.56. The Bertz CT molecular complexity index is 960.